The first-order chi connectivity index (χ1) is 12.7. The van der Waals surface area contributed by atoms with E-state index in [2.05, 4.69) is 5.32 Å². The topological polar surface area (TPSA) is 64.6 Å². The molecule has 26 heavy (non-hydrogen) atoms. The fourth-order valence-corrected chi connectivity index (χ4v) is 5.34. The van der Waals surface area contributed by atoms with E-state index < -0.39 is 11.9 Å². The largest absolute Gasteiger partial charge is 0.495 e. The zero-order chi connectivity index (χ0) is 18.4. The number of para-hydroxylation sites is 2. The highest BCUT2D eigenvalue weighted by molar-refractivity contribution is 8.19. The highest BCUT2D eigenvalue weighted by Gasteiger charge is 2.19. The van der Waals surface area contributed by atoms with E-state index in [0.717, 1.165) is 11.5 Å². The fraction of sp³-hybridized carbons (Fsp3) is 0.263. The molecule has 1 saturated heterocycles. The maximum absolute atomic E-state index is 12.1. The number of hydrogen-bond acceptors (Lipinski definition) is 6. The van der Waals surface area contributed by atoms with Crippen LogP contribution in [0.3, 0.4) is 0 Å². The monoisotopic (exact) mass is 389 g/mol. The number of rotatable bonds is 6. The van der Waals surface area contributed by atoms with Crippen molar-refractivity contribution in [2.45, 2.75) is 4.58 Å². The molecule has 0 radical (unpaired) electrons. The van der Waals surface area contributed by atoms with Crippen molar-refractivity contribution >= 4 is 41.1 Å². The maximum Gasteiger partial charge on any atom is 0.338 e. The van der Waals surface area contributed by atoms with Gasteiger partial charge in [-0.25, -0.2) is 4.79 Å². The lowest BCUT2D eigenvalue weighted by atomic mass is 10.1. The van der Waals surface area contributed by atoms with Crippen LogP contribution >= 0.6 is 23.5 Å². The standard InChI is InChI=1S/C19H19NO4S2/c1-23-16-5-3-2-4-15(16)20-17(21)12-24-18(22)13-6-8-14(9-7-13)19-25-10-11-26-19/h2-9,19H,10-12H2,1H3,(H,20,21). The molecule has 136 valence electrons. The number of amides is 1. The summed E-state index contributed by atoms with van der Waals surface area (Å²) in [5.74, 6) is 1.92. The van der Waals surface area contributed by atoms with Crippen LogP contribution in [0.15, 0.2) is 48.5 Å². The van der Waals surface area contributed by atoms with Gasteiger partial charge in [0.2, 0.25) is 0 Å². The van der Waals surface area contributed by atoms with Gasteiger partial charge < -0.3 is 14.8 Å². The number of esters is 1. The predicted molar refractivity (Wildman–Crippen MR) is 106 cm³/mol. The molecule has 1 fully saturated rings. The molecule has 0 aliphatic carbocycles. The molecule has 0 aromatic heterocycles. The van der Waals surface area contributed by atoms with E-state index in [0.29, 0.717) is 21.6 Å². The molecule has 1 amide bonds. The quantitative estimate of drug-likeness (QED) is 0.754. The number of hydrogen-bond donors (Lipinski definition) is 1. The average Bonchev–Trinajstić information content (AvgIpc) is 3.21. The molecule has 2 aromatic carbocycles. The minimum absolute atomic E-state index is 0.354. The van der Waals surface area contributed by atoms with Crippen LogP contribution in [0.5, 0.6) is 5.75 Å². The summed E-state index contributed by atoms with van der Waals surface area (Å²) in [6, 6.07) is 14.4. The molecule has 2 aromatic rings. The third-order valence-electron chi connectivity index (χ3n) is 3.76. The SMILES string of the molecule is COc1ccccc1NC(=O)COC(=O)c1ccc(C2SCCS2)cc1. The normalized spacial score (nSPS) is 14.0. The van der Waals surface area contributed by atoms with Crippen LogP contribution in [-0.2, 0) is 9.53 Å². The Morgan fingerprint density at radius 2 is 1.77 bits per heavy atom. The van der Waals surface area contributed by atoms with Gasteiger partial charge >= 0.3 is 5.97 Å². The molecule has 1 N–H and O–H groups in total. The van der Waals surface area contributed by atoms with Crippen LogP contribution in [-0.4, -0.2) is 37.1 Å². The summed E-state index contributed by atoms with van der Waals surface area (Å²) in [5.41, 5.74) is 2.17. The minimum atomic E-state index is -0.515. The maximum atomic E-state index is 12.1. The van der Waals surface area contributed by atoms with E-state index in [4.69, 9.17) is 9.47 Å². The summed E-state index contributed by atoms with van der Waals surface area (Å²) in [6.07, 6.45) is 0. The van der Waals surface area contributed by atoms with Crippen molar-refractivity contribution in [2.75, 3.05) is 30.5 Å². The Morgan fingerprint density at radius 3 is 2.46 bits per heavy atom. The lowest BCUT2D eigenvalue weighted by molar-refractivity contribution is -0.119. The number of nitrogens with one attached hydrogen (secondary N) is 1. The van der Waals surface area contributed by atoms with Crippen molar-refractivity contribution in [3.8, 4) is 5.75 Å². The molecule has 0 unspecified atom stereocenters. The van der Waals surface area contributed by atoms with Crippen LogP contribution in [0.4, 0.5) is 5.69 Å². The zero-order valence-corrected chi connectivity index (χ0v) is 15.9. The van der Waals surface area contributed by atoms with Crippen LogP contribution in [0.1, 0.15) is 20.5 Å². The minimum Gasteiger partial charge on any atom is -0.495 e. The second kappa shape index (κ2) is 9.00. The molecule has 0 saturated carbocycles. The average molecular weight is 389 g/mol. The molecule has 3 rings (SSSR count). The molecular weight excluding hydrogens is 370 g/mol. The number of carbonyl (C=O) groups excluding carboxylic acids is 2. The van der Waals surface area contributed by atoms with Crippen molar-refractivity contribution in [2.24, 2.45) is 0 Å². The van der Waals surface area contributed by atoms with Crippen LogP contribution in [0.25, 0.3) is 0 Å². The highest BCUT2D eigenvalue weighted by Crippen LogP contribution is 2.45. The zero-order valence-electron chi connectivity index (χ0n) is 14.3. The van der Waals surface area contributed by atoms with E-state index >= 15 is 0 Å². The van der Waals surface area contributed by atoms with Crippen LogP contribution in [0.2, 0.25) is 0 Å². The smallest absolute Gasteiger partial charge is 0.338 e. The van der Waals surface area contributed by atoms with Crippen molar-refractivity contribution in [3.63, 3.8) is 0 Å². The number of methoxy groups -OCH3 is 1. The Labute approximate surface area is 160 Å². The van der Waals surface area contributed by atoms with Gasteiger partial charge in [0.25, 0.3) is 5.91 Å². The van der Waals surface area contributed by atoms with Crippen LogP contribution in [0, 0.1) is 0 Å². The van der Waals surface area contributed by atoms with Crippen molar-refractivity contribution in [3.05, 3.63) is 59.7 Å². The van der Waals surface area contributed by atoms with E-state index in [1.54, 1.807) is 36.4 Å². The lowest BCUT2D eigenvalue weighted by Crippen LogP contribution is -2.21. The molecule has 1 aliphatic heterocycles. The van der Waals surface area contributed by atoms with Gasteiger partial charge in [0, 0.05) is 11.5 Å². The second-order valence-corrected chi connectivity index (χ2v) is 8.24. The van der Waals surface area contributed by atoms with Gasteiger partial charge in [-0.2, -0.15) is 0 Å². The lowest BCUT2D eigenvalue weighted by Gasteiger charge is -2.11. The first kappa shape index (κ1) is 18.7. The number of thioether (sulfide) groups is 2. The summed E-state index contributed by atoms with van der Waals surface area (Å²) in [5, 5.41) is 2.67. The Bertz CT molecular complexity index is 773. The number of anilines is 1. The van der Waals surface area contributed by atoms with Crippen molar-refractivity contribution in [1.29, 1.82) is 0 Å². The molecule has 0 atom stereocenters. The van der Waals surface area contributed by atoms with Gasteiger partial charge in [-0.3, -0.25) is 4.79 Å². The molecule has 1 aliphatic rings. The molecule has 5 nitrogen and oxygen atoms in total. The van der Waals surface area contributed by atoms with Crippen molar-refractivity contribution < 1.29 is 19.1 Å². The van der Waals surface area contributed by atoms with E-state index in [1.165, 1.54) is 12.7 Å². The Balaban J connectivity index is 1.52. The van der Waals surface area contributed by atoms with E-state index in [-0.39, 0.29) is 6.61 Å². The van der Waals surface area contributed by atoms with Gasteiger partial charge in [-0.1, -0.05) is 24.3 Å². The van der Waals surface area contributed by atoms with Gasteiger partial charge in [0.15, 0.2) is 6.61 Å². The van der Waals surface area contributed by atoms with Gasteiger partial charge in [0.1, 0.15) is 5.75 Å². The molecule has 0 spiro atoms. The Hall–Kier alpha value is -2.12. The third-order valence-corrected chi connectivity index (χ3v) is 6.86. The number of carbonyl (C=O) groups is 2. The fourth-order valence-electron chi connectivity index (χ4n) is 2.48. The van der Waals surface area contributed by atoms with Gasteiger partial charge in [-0.15, -0.1) is 23.5 Å². The predicted octanol–water partition coefficient (Wildman–Crippen LogP) is 3.97. The van der Waals surface area contributed by atoms with E-state index in [1.807, 2.05) is 35.7 Å². The Kier molecular flexibility index (Phi) is 6.46. The third kappa shape index (κ3) is 4.74. The summed E-state index contributed by atoms with van der Waals surface area (Å²) < 4.78 is 10.7. The summed E-state index contributed by atoms with van der Waals surface area (Å²) >= 11 is 3.82. The first-order valence-corrected chi connectivity index (χ1v) is 10.2. The first-order valence-electron chi connectivity index (χ1n) is 8.10. The molecular formula is C19H19NO4S2. The van der Waals surface area contributed by atoms with E-state index in [9.17, 15) is 9.59 Å². The summed E-state index contributed by atoms with van der Waals surface area (Å²) in [4.78, 5) is 24.1. The highest BCUT2D eigenvalue weighted by atomic mass is 32.2. The molecule has 1 heterocycles. The second-order valence-electron chi connectivity index (χ2n) is 5.52. The Morgan fingerprint density at radius 1 is 1.08 bits per heavy atom. The van der Waals surface area contributed by atoms with Gasteiger partial charge in [-0.05, 0) is 29.8 Å². The summed E-state index contributed by atoms with van der Waals surface area (Å²) in [6.45, 7) is -0.354. The molecule has 7 heteroatoms. The van der Waals surface area contributed by atoms with Crippen molar-refractivity contribution in [1.82, 2.24) is 0 Å². The number of benzene rings is 2. The molecule has 0 bridgehead atoms. The van der Waals surface area contributed by atoms with Gasteiger partial charge in [0.05, 0.1) is 22.9 Å². The summed E-state index contributed by atoms with van der Waals surface area (Å²) in [7, 11) is 1.53. The van der Waals surface area contributed by atoms with Crippen LogP contribution < -0.4 is 10.1 Å². The number of ether oxygens (including phenoxy) is 2.